The Bertz CT molecular complexity index is 1780. The molecule has 1 aliphatic rings. The van der Waals surface area contributed by atoms with Crippen LogP contribution in [0.4, 0.5) is 0 Å². The van der Waals surface area contributed by atoms with Gasteiger partial charge in [0.2, 0.25) is 6.79 Å². The molecular weight excluding hydrogens is 486 g/mol. The van der Waals surface area contributed by atoms with E-state index in [0.29, 0.717) is 52.2 Å². The van der Waals surface area contributed by atoms with Gasteiger partial charge in [-0.25, -0.2) is 4.79 Å². The number of ether oxygens (including phenoxy) is 4. The van der Waals surface area contributed by atoms with Crippen molar-refractivity contribution in [1.82, 2.24) is 14.5 Å². The van der Waals surface area contributed by atoms with Crippen LogP contribution in [-0.2, 0) is 6.54 Å². The Labute approximate surface area is 217 Å². The zero-order chi connectivity index (χ0) is 26.4. The fourth-order valence-corrected chi connectivity index (χ4v) is 4.75. The summed E-state index contributed by atoms with van der Waals surface area (Å²) in [6.45, 7) is 1.22. The van der Waals surface area contributed by atoms with Crippen LogP contribution >= 0.6 is 0 Å². The Hall–Kier alpha value is -4.63. The van der Waals surface area contributed by atoms with Crippen molar-refractivity contribution in [3.05, 3.63) is 76.7 Å². The van der Waals surface area contributed by atoms with Gasteiger partial charge in [0.15, 0.2) is 23.0 Å². The van der Waals surface area contributed by atoms with E-state index in [1.54, 1.807) is 47.2 Å². The fraction of sp³-hybridized carbons (Fsp3) is 0.207. The Morgan fingerprint density at radius 2 is 1.71 bits per heavy atom. The van der Waals surface area contributed by atoms with Gasteiger partial charge in [-0.3, -0.25) is 9.78 Å². The third-order valence-electron chi connectivity index (χ3n) is 6.66. The third-order valence-corrected chi connectivity index (χ3v) is 6.66. The molecule has 0 saturated heterocycles. The number of hydrogen-bond donors (Lipinski definition) is 0. The highest BCUT2D eigenvalue weighted by atomic mass is 16.7. The summed E-state index contributed by atoms with van der Waals surface area (Å²) in [4.78, 5) is 33.5. The lowest BCUT2D eigenvalue weighted by atomic mass is 10.0. The van der Waals surface area contributed by atoms with E-state index in [1.807, 2.05) is 37.2 Å². The van der Waals surface area contributed by atoms with Crippen LogP contribution in [0.3, 0.4) is 0 Å². The highest BCUT2D eigenvalue weighted by Gasteiger charge is 2.22. The van der Waals surface area contributed by atoms with E-state index in [4.69, 9.17) is 18.9 Å². The van der Waals surface area contributed by atoms with Gasteiger partial charge in [0, 0.05) is 41.5 Å². The van der Waals surface area contributed by atoms with Crippen molar-refractivity contribution in [2.24, 2.45) is 0 Å². The molecule has 0 saturated carbocycles. The van der Waals surface area contributed by atoms with Crippen molar-refractivity contribution in [3.8, 4) is 23.0 Å². The van der Waals surface area contributed by atoms with Crippen LogP contribution in [0.25, 0.3) is 32.6 Å². The van der Waals surface area contributed by atoms with E-state index >= 15 is 0 Å². The number of carbonyl (C=O) groups excluding carboxylic acids is 1. The maximum absolute atomic E-state index is 14.0. The summed E-state index contributed by atoms with van der Waals surface area (Å²) in [6, 6.07) is 15.7. The van der Waals surface area contributed by atoms with Crippen LogP contribution in [0.1, 0.15) is 10.4 Å². The number of nitrogens with zero attached hydrogens (tertiary/aromatic N) is 3. The molecule has 0 radical (unpaired) electrons. The molecule has 0 unspecified atom stereocenters. The molecule has 3 aromatic carbocycles. The van der Waals surface area contributed by atoms with Crippen molar-refractivity contribution < 1.29 is 23.7 Å². The molecule has 0 aliphatic carbocycles. The molecule has 0 amide bonds. The average molecular weight is 512 g/mol. The van der Waals surface area contributed by atoms with Gasteiger partial charge in [-0.2, -0.15) is 0 Å². The quantitative estimate of drug-likeness (QED) is 0.190. The molecule has 6 rings (SSSR count). The number of aromatic nitrogens is 2. The average Bonchev–Trinajstić information content (AvgIpc) is 3.39. The number of esters is 1. The summed E-state index contributed by atoms with van der Waals surface area (Å²) in [5.41, 5.74) is 1.62. The van der Waals surface area contributed by atoms with Crippen LogP contribution in [0.5, 0.6) is 23.0 Å². The van der Waals surface area contributed by atoms with Gasteiger partial charge in [-0.1, -0.05) is 18.2 Å². The molecular formula is C29H25N3O6. The number of benzene rings is 3. The van der Waals surface area contributed by atoms with Crippen molar-refractivity contribution >= 4 is 38.5 Å². The highest BCUT2D eigenvalue weighted by molar-refractivity contribution is 6.15. The van der Waals surface area contributed by atoms with Gasteiger partial charge in [-0.05, 0) is 44.4 Å². The van der Waals surface area contributed by atoms with Gasteiger partial charge in [0.05, 0.1) is 29.1 Å². The SMILES string of the molecule is COc1cc2c(cc1OC(=O)c1ccccc1)c(=O)n(CCN(C)C)c1c3cc4c(cc3ncc21)OCO4. The highest BCUT2D eigenvalue weighted by Crippen LogP contribution is 2.40. The molecule has 9 nitrogen and oxygen atoms in total. The normalized spacial score (nSPS) is 12.5. The standard InChI is InChI=1S/C29H25N3O6/c1-31(2)9-10-32-27-20-13-24-25(37-16-36-24)14-22(20)30-15-21(27)18-11-23(35-3)26(12-19(18)28(32)33)38-29(34)17-7-5-4-6-8-17/h4-8,11-15H,9-10,16H2,1-3H3. The van der Waals surface area contributed by atoms with E-state index in [9.17, 15) is 9.59 Å². The molecule has 9 heteroatoms. The predicted molar refractivity (Wildman–Crippen MR) is 144 cm³/mol. The maximum Gasteiger partial charge on any atom is 0.343 e. The van der Waals surface area contributed by atoms with E-state index in [2.05, 4.69) is 4.98 Å². The summed E-state index contributed by atoms with van der Waals surface area (Å²) >= 11 is 0. The van der Waals surface area contributed by atoms with Crippen molar-refractivity contribution in [2.75, 3.05) is 34.5 Å². The smallest absolute Gasteiger partial charge is 0.343 e. The van der Waals surface area contributed by atoms with Crippen LogP contribution in [0.15, 0.2) is 65.6 Å². The first-order chi connectivity index (χ1) is 18.4. The number of fused-ring (bicyclic) bond motifs is 6. The number of methoxy groups -OCH3 is 1. The number of carbonyl (C=O) groups is 1. The second-order valence-electron chi connectivity index (χ2n) is 9.31. The van der Waals surface area contributed by atoms with Crippen molar-refractivity contribution in [3.63, 3.8) is 0 Å². The minimum Gasteiger partial charge on any atom is -0.493 e. The van der Waals surface area contributed by atoms with Gasteiger partial charge in [0.25, 0.3) is 5.56 Å². The minimum absolute atomic E-state index is 0.141. The topological polar surface area (TPSA) is 92.1 Å². The first-order valence-electron chi connectivity index (χ1n) is 12.1. The monoisotopic (exact) mass is 511 g/mol. The van der Waals surface area contributed by atoms with Crippen LogP contribution < -0.4 is 24.5 Å². The van der Waals surface area contributed by atoms with Crippen molar-refractivity contribution in [2.45, 2.75) is 6.54 Å². The zero-order valence-corrected chi connectivity index (χ0v) is 21.2. The molecule has 5 aromatic rings. The molecule has 0 spiro atoms. The second kappa shape index (κ2) is 9.35. The predicted octanol–water partition coefficient (Wildman–Crippen LogP) is 4.22. The summed E-state index contributed by atoms with van der Waals surface area (Å²) < 4.78 is 24.2. The molecule has 0 N–H and O–H groups in total. The second-order valence-corrected chi connectivity index (χ2v) is 9.31. The van der Waals surface area contributed by atoms with Crippen molar-refractivity contribution in [1.29, 1.82) is 0 Å². The van der Waals surface area contributed by atoms with Crippen LogP contribution in [0, 0.1) is 0 Å². The largest absolute Gasteiger partial charge is 0.493 e. The molecule has 38 heavy (non-hydrogen) atoms. The Morgan fingerprint density at radius 3 is 2.45 bits per heavy atom. The molecule has 0 atom stereocenters. The lowest BCUT2D eigenvalue weighted by Crippen LogP contribution is -2.27. The number of likely N-dealkylation sites (N-methyl/N-ethyl adjacent to an activating group) is 1. The maximum atomic E-state index is 14.0. The molecule has 3 heterocycles. The minimum atomic E-state index is -0.541. The Morgan fingerprint density at radius 1 is 0.974 bits per heavy atom. The third kappa shape index (κ3) is 3.97. The molecule has 0 bridgehead atoms. The number of hydrogen-bond acceptors (Lipinski definition) is 8. The summed E-state index contributed by atoms with van der Waals surface area (Å²) in [6.07, 6.45) is 1.75. The molecule has 192 valence electrons. The summed E-state index contributed by atoms with van der Waals surface area (Å²) in [5.74, 6) is 1.19. The van der Waals surface area contributed by atoms with E-state index in [-0.39, 0.29) is 18.1 Å². The van der Waals surface area contributed by atoms with Gasteiger partial charge < -0.3 is 28.4 Å². The number of rotatable bonds is 6. The van der Waals surface area contributed by atoms with E-state index in [1.165, 1.54) is 7.11 Å². The number of pyridine rings is 2. The summed E-state index contributed by atoms with van der Waals surface area (Å²) in [7, 11) is 5.41. The Balaban J connectivity index is 1.61. The fourth-order valence-electron chi connectivity index (χ4n) is 4.75. The molecule has 0 fully saturated rings. The molecule has 1 aliphatic heterocycles. The van der Waals surface area contributed by atoms with Gasteiger partial charge in [0.1, 0.15) is 0 Å². The van der Waals surface area contributed by atoms with E-state index in [0.717, 1.165) is 16.3 Å². The molecule has 2 aromatic heterocycles. The first-order valence-corrected chi connectivity index (χ1v) is 12.1. The van der Waals surface area contributed by atoms with Gasteiger partial charge in [-0.15, -0.1) is 0 Å². The lowest BCUT2D eigenvalue weighted by Gasteiger charge is -2.18. The lowest BCUT2D eigenvalue weighted by molar-refractivity contribution is 0.0730. The van der Waals surface area contributed by atoms with Crippen LogP contribution in [0.2, 0.25) is 0 Å². The van der Waals surface area contributed by atoms with Crippen LogP contribution in [-0.4, -0.2) is 55.0 Å². The van der Waals surface area contributed by atoms with Gasteiger partial charge >= 0.3 is 5.97 Å². The van der Waals surface area contributed by atoms with E-state index < -0.39 is 5.97 Å². The first kappa shape index (κ1) is 23.7. The summed E-state index contributed by atoms with van der Waals surface area (Å²) in [5, 5.41) is 2.59. The Kier molecular flexibility index (Phi) is 5.84. The zero-order valence-electron chi connectivity index (χ0n) is 21.2.